The average Bonchev–Trinajstić information content (AvgIpc) is 3.04. The number of sulfonamides is 1. The summed E-state index contributed by atoms with van der Waals surface area (Å²) < 4.78 is 43.6. The van der Waals surface area contributed by atoms with Gasteiger partial charge in [-0.2, -0.15) is 0 Å². The van der Waals surface area contributed by atoms with Gasteiger partial charge in [0.15, 0.2) is 11.5 Å². The molecule has 0 unspecified atom stereocenters. The number of carbonyl (C=O) groups is 2. The third-order valence-corrected chi connectivity index (χ3v) is 8.92. The van der Waals surface area contributed by atoms with Crippen LogP contribution in [-0.4, -0.2) is 70.3 Å². The third-order valence-electron chi connectivity index (χ3n) is 7.73. The van der Waals surface area contributed by atoms with Crippen LogP contribution in [0.3, 0.4) is 0 Å². The molecule has 1 heterocycles. The first kappa shape index (κ1) is 33.6. The fourth-order valence-electron chi connectivity index (χ4n) is 5.15. The van der Waals surface area contributed by atoms with Gasteiger partial charge in [-0.3, -0.25) is 13.9 Å². The van der Waals surface area contributed by atoms with E-state index in [0.717, 1.165) is 23.8 Å². The summed E-state index contributed by atoms with van der Waals surface area (Å²) in [6.45, 7) is 4.98. The molecule has 0 saturated carbocycles. The molecule has 0 radical (unpaired) electrons. The molecule has 11 heteroatoms. The number of hydrogen-bond acceptors (Lipinski definition) is 7. The van der Waals surface area contributed by atoms with Gasteiger partial charge in [0, 0.05) is 38.0 Å². The Morgan fingerprint density at radius 3 is 2.36 bits per heavy atom. The Balaban J connectivity index is 1.59. The topological polar surface area (TPSA) is 114 Å². The van der Waals surface area contributed by atoms with Gasteiger partial charge in [-0.05, 0) is 55.2 Å². The van der Waals surface area contributed by atoms with Crippen molar-refractivity contribution < 1.29 is 32.2 Å². The minimum absolute atomic E-state index is 0.0302. The van der Waals surface area contributed by atoms with Gasteiger partial charge in [-0.25, -0.2) is 8.42 Å². The number of methoxy groups -OCH3 is 1. The standard InChI is InChI=1S/C34H43N3O7S/c1-5-25(2)35-34(39)30(22-26-11-7-6-8-12-26)36(24-27-13-9-14-29(21-27)42-3)33(38)15-10-18-37(45(4,40)41)28-16-17-31-32(23-28)44-20-19-43-31/h6-9,11-14,16-17,21,23,25,30H,5,10,15,18-20,22,24H2,1-4H3,(H,35,39)/t25-,30+/m1/s1. The van der Waals surface area contributed by atoms with Crippen LogP contribution < -0.4 is 23.8 Å². The number of rotatable bonds is 15. The second kappa shape index (κ2) is 15.7. The monoisotopic (exact) mass is 637 g/mol. The summed E-state index contributed by atoms with van der Waals surface area (Å²) in [5.41, 5.74) is 2.16. The molecule has 4 rings (SSSR count). The highest BCUT2D eigenvalue weighted by Gasteiger charge is 2.31. The Morgan fingerprint density at radius 1 is 0.956 bits per heavy atom. The highest BCUT2D eigenvalue weighted by atomic mass is 32.2. The van der Waals surface area contributed by atoms with E-state index in [-0.39, 0.29) is 43.8 Å². The van der Waals surface area contributed by atoms with Crippen LogP contribution in [0.25, 0.3) is 0 Å². The molecular weight excluding hydrogens is 594 g/mol. The Bertz CT molecular complexity index is 1550. The number of fused-ring (bicyclic) bond motifs is 1. The van der Waals surface area contributed by atoms with Gasteiger partial charge < -0.3 is 24.4 Å². The van der Waals surface area contributed by atoms with Crippen LogP contribution in [0.15, 0.2) is 72.8 Å². The van der Waals surface area contributed by atoms with Crippen molar-refractivity contribution in [2.24, 2.45) is 0 Å². The zero-order valence-corrected chi connectivity index (χ0v) is 27.2. The summed E-state index contributed by atoms with van der Waals surface area (Å²) in [5, 5.41) is 3.07. The smallest absolute Gasteiger partial charge is 0.243 e. The third kappa shape index (κ3) is 9.37. The van der Waals surface area contributed by atoms with Crippen molar-refractivity contribution in [1.29, 1.82) is 0 Å². The van der Waals surface area contributed by atoms with Crippen LogP contribution in [0.4, 0.5) is 5.69 Å². The molecule has 10 nitrogen and oxygen atoms in total. The minimum atomic E-state index is -3.67. The molecule has 2 amide bonds. The molecule has 3 aromatic rings. The molecule has 3 aromatic carbocycles. The number of amides is 2. The van der Waals surface area contributed by atoms with Gasteiger partial charge in [-0.1, -0.05) is 49.4 Å². The van der Waals surface area contributed by atoms with Gasteiger partial charge >= 0.3 is 0 Å². The first-order chi connectivity index (χ1) is 21.6. The molecule has 0 fully saturated rings. The molecule has 0 saturated heterocycles. The van der Waals surface area contributed by atoms with E-state index in [1.807, 2.05) is 68.4 Å². The lowest BCUT2D eigenvalue weighted by Crippen LogP contribution is -2.52. The Morgan fingerprint density at radius 2 is 1.67 bits per heavy atom. The maximum atomic E-state index is 14.1. The van der Waals surface area contributed by atoms with E-state index < -0.39 is 16.1 Å². The van der Waals surface area contributed by atoms with Crippen molar-refractivity contribution in [2.75, 3.05) is 37.4 Å². The maximum absolute atomic E-state index is 14.1. The highest BCUT2D eigenvalue weighted by Crippen LogP contribution is 2.35. The van der Waals surface area contributed by atoms with Crippen LogP contribution in [0.2, 0.25) is 0 Å². The molecule has 0 aliphatic carbocycles. The Hall–Kier alpha value is -4.25. The normalized spacial score (nSPS) is 13.8. The molecule has 45 heavy (non-hydrogen) atoms. The van der Waals surface area contributed by atoms with Crippen molar-refractivity contribution in [3.05, 3.63) is 83.9 Å². The zero-order valence-electron chi connectivity index (χ0n) is 26.4. The molecule has 0 spiro atoms. The minimum Gasteiger partial charge on any atom is -0.497 e. The van der Waals surface area contributed by atoms with Gasteiger partial charge in [0.25, 0.3) is 0 Å². The van der Waals surface area contributed by atoms with E-state index in [0.29, 0.717) is 42.6 Å². The first-order valence-corrected chi connectivity index (χ1v) is 17.1. The van der Waals surface area contributed by atoms with E-state index in [2.05, 4.69) is 5.32 Å². The summed E-state index contributed by atoms with van der Waals surface area (Å²) in [5.74, 6) is 1.19. The molecule has 1 aliphatic rings. The van der Waals surface area contributed by atoms with Crippen molar-refractivity contribution in [1.82, 2.24) is 10.2 Å². The van der Waals surface area contributed by atoms with Gasteiger partial charge in [-0.15, -0.1) is 0 Å². The van der Waals surface area contributed by atoms with Crippen molar-refractivity contribution in [3.63, 3.8) is 0 Å². The lowest BCUT2D eigenvalue weighted by molar-refractivity contribution is -0.141. The molecule has 1 N–H and O–H groups in total. The molecule has 1 aliphatic heterocycles. The predicted molar refractivity (Wildman–Crippen MR) is 174 cm³/mol. The number of ether oxygens (including phenoxy) is 3. The van der Waals surface area contributed by atoms with Gasteiger partial charge in [0.2, 0.25) is 21.8 Å². The molecule has 242 valence electrons. The number of carbonyl (C=O) groups excluding carboxylic acids is 2. The fourth-order valence-corrected chi connectivity index (χ4v) is 6.11. The lowest BCUT2D eigenvalue weighted by Gasteiger charge is -2.33. The number of hydrogen-bond donors (Lipinski definition) is 1. The Labute approximate surface area is 266 Å². The highest BCUT2D eigenvalue weighted by molar-refractivity contribution is 7.92. The van der Waals surface area contributed by atoms with Crippen LogP contribution in [0, 0.1) is 0 Å². The number of nitrogens with zero attached hydrogens (tertiary/aromatic N) is 2. The van der Waals surface area contributed by atoms with Crippen molar-refractivity contribution in [3.8, 4) is 17.2 Å². The largest absolute Gasteiger partial charge is 0.497 e. The van der Waals surface area contributed by atoms with Crippen molar-refractivity contribution in [2.45, 2.75) is 58.2 Å². The van der Waals surface area contributed by atoms with Crippen LogP contribution >= 0.6 is 0 Å². The van der Waals surface area contributed by atoms with Crippen LogP contribution in [0.1, 0.15) is 44.2 Å². The summed E-state index contributed by atoms with van der Waals surface area (Å²) in [6.07, 6.45) is 2.47. The lowest BCUT2D eigenvalue weighted by atomic mass is 10.0. The summed E-state index contributed by atoms with van der Waals surface area (Å²) in [6, 6.07) is 21.1. The van der Waals surface area contributed by atoms with E-state index in [4.69, 9.17) is 14.2 Å². The molecular formula is C34H43N3O7S. The summed E-state index contributed by atoms with van der Waals surface area (Å²) >= 11 is 0. The second-order valence-electron chi connectivity index (χ2n) is 11.2. The quantitative estimate of drug-likeness (QED) is 0.260. The van der Waals surface area contributed by atoms with Crippen LogP contribution in [0.5, 0.6) is 17.2 Å². The number of anilines is 1. The van der Waals surface area contributed by atoms with Gasteiger partial charge in [0.05, 0.1) is 19.1 Å². The van der Waals surface area contributed by atoms with Crippen molar-refractivity contribution >= 4 is 27.5 Å². The van der Waals surface area contributed by atoms with Gasteiger partial charge in [0.1, 0.15) is 25.0 Å². The summed E-state index contributed by atoms with van der Waals surface area (Å²) in [7, 11) is -2.09. The zero-order chi connectivity index (χ0) is 32.4. The molecule has 0 bridgehead atoms. The first-order valence-electron chi connectivity index (χ1n) is 15.2. The van der Waals surface area contributed by atoms with E-state index in [1.54, 1.807) is 30.2 Å². The predicted octanol–water partition coefficient (Wildman–Crippen LogP) is 4.57. The fraction of sp³-hybridized carbons (Fsp3) is 0.412. The SMILES string of the molecule is CC[C@@H](C)NC(=O)[C@H](Cc1ccccc1)N(Cc1cccc(OC)c1)C(=O)CCCN(c1ccc2c(c1)OCCO2)S(C)(=O)=O. The number of nitrogens with one attached hydrogen (secondary N) is 1. The number of benzene rings is 3. The second-order valence-corrected chi connectivity index (χ2v) is 13.1. The average molecular weight is 638 g/mol. The van der Waals surface area contributed by atoms with E-state index in [9.17, 15) is 18.0 Å². The van der Waals surface area contributed by atoms with Crippen LogP contribution in [-0.2, 0) is 32.6 Å². The summed E-state index contributed by atoms with van der Waals surface area (Å²) in [4.78, 5) is 29.4. The molecule has 0 aromatic heterocycles. The van der Waals surface area contributed by atoms with E-state index in [1.165, 1.54) is 4.31 Å². The molecule has 2 atom stereocenters. The van der Waals surface area contributed by atoms with E-state index >= 15 is 0 Å². The maximum Gasteiger partial charge on any atom is 0.243 e. The Kier molecular flexibility index (Phi) is 11.7.